The van der Waals surface area contributed by atoms with Crippen molar-refractivity contribution in [1.82, 2.24) is 9.88 Å². The molecular formula is C25H21Cl2F3N3O4+. The predicted octanol–water partition coefficient (Wildman–Crippen LogP) is 2.87. The van der Waals surface area contributed by atoms with Crippen molar-refractivity contribution in [2.75, 3.05) is 6.54 Å². The molecule has 0 spiro atoms. The molecule has 1 aliphatic heterocycles. The van der Waals surface area contributed by atoms with Crippen molar-refractivity contribution in [3.8, 4) is 5.75 Å². The van der Waals surface area contributed by atoms with Crippen molar-refractivity contribution in [3.63, 3.8) is 0 Å². The van der Waals surface area contributed by atoms with Gasteiger partial charge in [-0.3, -0.25) is 14.4 Å². The number of nitrogens with one attached hydrogen (secondary N) is 2. The number of pyridine rings is 1. The molecule has 0 radical (unpaired) electrons. The molecule has 1 aliphatic rings. The van der Waals surface area contributed by atoms with Crippen molar-refractivity contribution >= 4 is 34.4 Å². The Bertz CT molecular complexity index is 1420. The van der Waals surface area contributed by atoms with Crippen LogP contribution in [0, 0.1) is 0 Å². The third kappa shape index (κ3) is 5.98. The van der Waals surface area contributed by atoms with Crippen LogP contribution in [-0.4, -0.2) is 27.4 Å². The van der Waals surface area contributed by atoms with Crippen LogP contribution < -0.4 is 15.8 Å². The smallest absolute Gasteiger partial charge is 0.416 e. The van der Waals surface area contributed by atoms with E-state index < -0.39 is 46.3 Å². The Labute approximate surface area is 219 Å². The molecule has 2 heterocycles. The monoisotopic (exact) mass is 554 g/mol. The molecule has 1 aromatic heterocycles. The molecule has 0 fully saturated rings. The normalized spacial score (nSPS) is 14.9. The number of fused-ring (bicyclic) bond motifs is 1. The van der Waals surface area contributed by atoms with Crippen LogP contribution >= 0.6 is 23.2 Å². The molecule has 0 saturated heterocycles. The van der Waals surface area contributed by atoms with E-state index in [1.54, 1.807) is 18.2 Å². The molecular weight excluding hydrogens is 534 g/mol. The Morgan fingerprint density at radius 3 is 2.41 bits per heavy atom. The summed E-state index contributed by atoms with van der Waals surface area (Å²) in [4.78, 5) is 38.2. The first-order chi connectivity index (χ1) is 17.4. The average molecular weight is 555 g/mol. The van der Waals surface area contributed by atoms with E-state index >= 15 is 0 Å². The molecule has 3 aromatic rings. The van der Waals surface area contributed by atoms with E-state index in [0.717, 1.165) is 22.6 Å². The summed E-state index contributed by atoms with van der Waals surface area (Å²) in [6.07, 6.45) is -4.51. The lowest BCUT2D eigenvalue weighted by Gasteiger charge is -2.15. The van der Waals surface area contributed by atoms with Gasteiger partial charge in [0.15, 0.2) is 0 Å². The van der Waals surface area contributed by atoms with Crippen LogP contribution in [0.2, 0.25) is 5.02 Å². The maximum atomic E-state index is 13.4. The number of hydrogen-bond donors (Lipinski definition) is 3. The van der Waals surface area contributed by atoms with Gasteiger partial charge in [0, 0.05) is 10.6 Å². The van der Waals surface area contributed by atoms with E-state index in [-0.39, 0.29) is 13.1 Å². The van der Waals surface area contributed by atoms with Crippen molar-refractivity contribution in [2.45, 2.75) is 32.4 Å². The van der Waals surface area contributed by atoms with Crippen molar-refractivity contribution in [3.05, 3.63) is 97.4 Å². The summed E-state index contributed by atoms with van der Waals surface area (Å²) in [5.74, 6) is -1.48. The standard InChI is InChI=1S/C25H20Cl2F3N3O4/c26-17-3-1-2-15(8-17)10-32-12-18-19(13-32)33(11-14-4-6-16(7-5-14)25(28,29)30)24(37)21(22(18)35)23(36)31-9-20(27)34/h1-8,35H,9-13H2,(H,31,36)/p+1. The highest BCUT2D eigenvalue weighted by atomic mass is 35.5. The third-order valence-electron chi connectivity index (χ3n) is 6.08. The molecule has 12 heteroatoms. The van der Waals surface area contributed by atoms with Gasteiger partial charge in [0.05, 0.1) is 29.9 Å². The second-order valence-corrected chi connectivity index (χ2v) is 9.54. The van der Waals surface area contributed by atoms with Crippen molar-refractivity contribution in [2.24, 2.45) is 0 Å². The minimum atomic E-state index is -4.51. The number of nitrogens with zero attached hydrogens (tertiary/aromatic N) is 1. The molecule has 0 aliphatic carbocycles. The van der Waals surface area contributed by atoms with E-state index in [2.05, 4.69) is 5.32 Å². The third-order valence-corrected chi connectivity index (χ3v) is 6.45. The number of rotatable bonds is 7. The molecule has 1 unspecified atom stereocenters. The highest BCUT2D eigenvalue weighted by molar-refractivity contribution is 6.64. The van der Waals surface area contributed by atoms with E-state index in [1.165, 1.54) is 16.7 Å². The Balaban J connectivity index is 1.73. The number of halogens is 5. The topological polar surface area (TPSA) is 92.8 Å². The maximum Gasteiger partial charge on any atom is 0.416 e. The summed E-state index contributed by atoms with van der Waals surface area (Å²) >= 11 is 11.4. The molecule has 194 valence electrons. The number of aromatic hydroxyl groups is 1. The van der Waals surface area contributed by atoms with Gasteiger partial charge in [-0.25, -0.2) is 0 Å². The van der Waals surface area contributed by atoms with Gasteiger partial charge in [0.1, 0.15) is 30.9 Å². The second-order valence-electron chi connectivity index (χ2n) is 8.68. The molecule has 0 bridgehead atoms. The number of alkyl halides is 3. The number of quaternary nitrogens is 1. The van der Waals surface area contributed by atoms with Crippen molar-refractivity contribution < 1.29 is 32.8 Å². The second kappa shape index (κ2) is 10.6. The summed E-state index contributed by atoms with van der Waals surface area (Å²) < 4.78 is 40.2. The quantitative estimate of drug-likeness (QED) is 0.391. The SMILES string of the molecule is O=C(Cl)CNC(=O)c1c(O)c2c(n(Cc3ccc(C(F)(F)F)cc3)c1=O)C[NH+](Cc1cccc(Cl)c1)C2. The van der Waals surface area contributed by atoms with Gasteiger partial charge in [-0.15, -0.1) is 0 Å². The van der Waals surface area contributed by atoms with Crippen LogP contribution in [0.25, 0.3) is 0 Å². The fraction of sp³-hybridized carbons (Fsp3) is 0.240. The van der Waals surface area contributed by atoms with E-state index in [0.29, 0.717) is 34.9 Å². The molecule has 1 amide bonds. The summed E-state index contributed by atoms with van der Waals surface area (Å²) in [5.41, 5.74) is -0.0800. The van der Waals surface area contributed by atoms with Gasteiger partial charge in [0.2, 0.25) is 5.24 Å². The first-order valence-corrected chi connectivity index (χ1v) is 11.9. The minimum Gasteiger partial charge on any atom is -0.506 e. The maximum absolute atomic E-state index is 13.4. The van der Waals surface area contributed by atoms with E-state index in [1.807, 2.05) is 6.07 Å². The van der Waals surface area contributed by atoms with Crippen molar-refractivity contribution in [1.29, 1.82) is 0 Å². The Kier molecular flexibility index (Phi) is 7.63. The molecule has 1 atom stereocenters. The van der Waals surface area contributed by atoms with E-state index in [4.69, 9.17) is 23.2 Å². The van der Waals surface area contributed by atoms with Crippen LogP contribution in [0.4, 0.5) is 13.2 Å². The number of hydrogen-bond acceptors (Lipinski definition) is 4. The van der Waals surface area contributed by atoms with Crippen LogP contribution in [0.3, 0.4) is 0 Å². The van der Waals surface area contributed by atoms with Gasteiger partial charge >= 0.3 is 6.18 Å². The summed E-state index contributed by atoms with van der Waals surface area (Å²) in [6.45, 7) is 0.411. The first kappa shape index (κ1) is 26.7. The minimum absolute atomic E-state index is 0.126. The molecule has 3 N–H and O–H groups in total. The molecule has 4 rings (SSSR count). The Morgan fingerprint density at radius 1 is 1.08 bits per heavy atom. The first-order valence-electron chi connectivity index (χ1n) is 11.1. The average Bonchev–Trinajstić information content (AvgIpc) is 3.24. The van der Waals surface area contributed by atoms with Gasteiger partial charge in [-0.1, -0.05) is 35.9 Å². The van der Waals surface area contributed by atoms with Gasteiger partial charge in [-0.05, 0) is 41.4 Å². The van der Waals surface area contributed by atoms with Gasteiger partial charge < -0.3 is 19.9 Å². The highest BCUT2D eigenvalue weighted by Crippen LogP contribution is 2.30. The Hall–Kier alpha value is -3.34. The number of carbonyl (C=O) groups is 2. The fourth-order valence-corrected chi connectivity index (χ4v) is 4.68. The zero-order valence-corrected chi connectivity index (χ0v) is 20.7. The summed E-state index contributed by atoms with van der Waals surface area (Å²) in [7, 11) is 0. The van der Waals surface area contributed by atoms with E-state index in [9.17, 15) is 32.7 Å². The number of benzene rings is 2. The lowest BCUT2D eigenvalue weighted by molar-refractivity contribution is -0.934. The lowest BCUT2D eigenvalue weighted by Crippen LogP contribution is -3.06. The summed E-state index contributed by atoms with van der Waals surface area (Å²) in [5, 5.41) is 12.8. The number of aromatic nitrogens is 1. The zero-order chi connectivity index (χ0) is 26.9. The molecule has 37 heavy (non-hydrogen) atoms. The van der Waals surface area contributed by atoms with Crippen LogP contribution in [0.1, 0.15) is 38.3 Å². The zero-order valence-electron chi connectivity index (χ0n) is 19.2. The Morgan fingerprint density at radius 2 is 1.78 bits per heavy atom. The largest absolute Gasteiger partial charge is 0.506 e. The van der Waals surface area contributed by atoms with Crippen LogP contribution in [0.5, 0.6) is 5.75 Å². The van der Waals surface area contributed by atoms with Gasteiger partial charge in [0.25, 0.3) is 11.5 Å². The van der Waals surface area contributed by atoms with Gasteiger partial charge in [-0.2, -0.15) is 13.2 Å². The predicted molar refractivity (Wildman–Crippen MR) is 130 cm³/mol. The molecule has 0 saturated carbocycles. The van der Waals surface area contributed by atoms with Crippen LogP contribution in [0.15, 0.2) is 53.3 Å². The highest BCUT2D eigenvalue weighted by Gasteiger charge is 2.34. The molecule has 7 nitrogen and oxygen atoms in total. The fourth-order valence-electron chi connectivity index (χ4n) is 4.40. The number of carbonyl (C=O) groups excluding carboxylic acids is 2. The lowest BCUT2D eigenvalue weighted by atomic mass is 10.1. The molecule has 2 aromatic carbocycles. The summed E-state index contributed by atoms with van der Waals surface area (Å²) in [6, 6.07) is 11.6. The number of amides is 1. The van der Waals surface area contributed by atoms with Crippen LogP contribution in [-0.2, 0) is 37.1 Å².